The summed E-state index contributed by atoms with van der Waals surface area (Å²) in [6, 6.07) is 4.99. The minimum absolute atomic E-state index is 0.0864. The van der Waals surface area contributed by atoms with Crippen LogP contribution in [0.1, 0.15) is 0 Å². The molecule has 0 N–H and O–H groups in total. The summed E-state index contributed by atoms with van der Waals surface area (Å²) in [5.41, 5.74) is 0. The summed E-state index contributed by atoms with van der Waals surface area (Å²) < 4.78 is 131. The highest BCUT2D eigenvalue weighted by molar-refractivity contribution is 7.87. The Labute approximate surface area is 177 Å². The molecular formula is C14H12F4O12S2-2. The van der Waals surface area contributed by atoms with Crippen LogP contribution < -0.4 is 9.47 Å². The molecule has 12 nitrogen and oxygen atoms in total. The zero-order valence-electron chi connectivity index (χ0n) is 15.4. The van der Waals surface area contributed by atoms with Crippen LogP contribution in [0.25, 0.3) is 0 Å². The van der Waals surface area contributed by atoms with Crippen molar-refractivity contribution >= 4 is 32.2 Å². The fraction of sp³-hybridized carbons (Fsp3) is 0.429. The summed E-state index contributed by atoms with van der Waals surface area (Å²) in [5.74, 6) is -4.95. The van der Waals surface area contributed by atoms with Crippen molar-refractivity contribution in [2.45, 2.75) is 10.5 Å². The smallest absolute Gasteiger partial charge is 0.428 e. The number of ether oxygens (including phenoxy) is 4. The van der Waals surface area contributed by atoms with E-state index in [1.807, 2.05) is 0 Å². The Balaban J connectivity index is 2.39. The Morgan fingerprint density at radius 1 is 0.688 bits per heavy atom. The summed E-state index contributed by atoms with van der Waals surface area (Å²) in [6.45, 7) is -2.66. The van der Waals surface area contributed by atoms with Crippen molar-refractivity contribution in [2.75, 3.05) is 26.4 Å². The molecule has 32 heavy (non-hydrogen) atoms. The van der Waals surface area contributed by atoms with E-state index in [0.717, 1.165) is 0 Å². The fourth-order valence-corrected chi connectivity index (χ4v) is 2.12. The predicted molar refractivity (Wildman–Crippen MR) is 88.6 cm³/mol. The topological polar surface area (TPSA) is 185 Å². The SMILES string of the molecule is O=C(OCCOc1ccc(OCCOC(=O)C(F)(F)S(=O)(=O)[O-])cc1)C(F)(F)S(=O)(=O)[O-]. The largest absolute Gasteiger partial charge is 0.743 e. The first-order valence-corrected chi connectivity index (χ1v) is 10.7. The Hall–Kier alpha value is -2.70. The van der Waals surface area contributed by atoms with Crippen LogP contribution in [0.4, 0.5) is 17.6 Å². The third-order valence-electron chi connectivity index (χ3n) is 3.10. The van der Waals surface area contributed by atoms with Gasteiger partial charge in [-0.2, -0.15) is 17.6 Å². The normalized spacial score (nSPS) is 12.7. The Morgan fingerprint density at radius 2 is 0.969 bits per heavy atom. The van der Waals surface area contributed by atoms with Crippen LogP contribution in [0.5, 0.6) is 11.5 Å². The third kappa shape index (κ3) is 7.18. The molecule has 0 heterocycles. The molecule has 1 rings (SSSR count). The second-order valence-electron chi connectivity index (χ2n) is 5.38. The van der Waals surface area contributed by atoms with E-state index in [-0.39, 0.29) is 11.5 Å². The molecular weight excluding hydrogens is 500 g/mol. The zero-order valence-corrected chi connectivity index (χ0v) is 17.0. The van der Waals surface area contributed by atoms with Gasteiger partial charge in [-0.1, -0.05) is 0 Å². The molecule has 1 aromatic carbocycles. The van der Waals surface area contributed by atoms with E-state index in [1.165, 1.54) is 24.3 Å². The monoisotopic (exact) mass is 512 g/mol. The molecule has 1 aromatic rings. The van der Waals surface area contributed by atoms with Crippen LogP contribution in [0, 0.1) is 0 Å². The molecule has 0 spiro atoms. The first kappa shape index (κ1) is 27.3. The molecule has 0 aliphatic heterocycles. The van der Waals surface area contributed by atoms with E-state index in [0.29, 0.717) is 0 Å². The lowest BCUT2D eigenvalue weighted by atomic mass is 10.3. The summed E-state index contributed by atoms with van der Waals surface area (Å²) in [5, 5.41) is -10.5. The lowest BCUT2D eigenvalue weighted by molar-refractivity contribution is -0.162. The first-order valence-electron chi connectivity index (χ1n) is 7.86. The molecule has 0 bridgehead atoms. The van der Waals surface area contributed by atoms with Crippen molar-refractivity contribution in [1.82, 2.24) is 0 Å². The molecule has 0 aliphatic carbocycles. The van der Waals surface area contributed by atoms with Crippen LogP contribution in [0.2, 0.25) is 0 Å². The van der Waals surface area contributed by atoms with Crippen LogP contribution >= 0.6 is 0 Å². The van der Waals surface area contributed by atoms with Gasteiger partial charge in [0.15, 0.2) is 20.2 Å². The maximum atomic E-state index is 12.9. The van der Waals surface area contributed by atoms with E-state index in [2.05, 4.69) is 9.47 Å². The van der Waals surface area contributed by atoms with Gasteiger partial charge in [0.05, 0.1) is 0 Å². The van der Waals surface area contributed by atoms with Crippen molar-refractivity contribution in [2.24, 2.45) is 0 Å². The van der Waals surface area contributed by atoms with Crippen molar-refractivity contribution < 1.29 is 72.0 Å². The molecule has 0 aromatic heterocycles. The highest BCUT2D eigenvalue weighted by Crippen LogP contribution is 2.23. The molecule has 0 saturated heterocycles. The zero-order chi connectivity index (χ0) is 24.8. The Bertz CT molecular complexity index is 939. The Morgan fingerprint density at radius 3 is 1.22 bits per heavy atom. The second kappa shape index (κ2) is 10.3. The highest BCUT2D eigenvalue weighted by Gasteiger charge is 2.49. The molecule has 182 valence electrons. The second-order valence-corrected chi connectivity index (χ2v) is 8.22. The van der Waals surface area contributed by atoms with Crippen LogP contribution in [0.3, 0.4) is 0 Å². The quantitative estimate of drug-likeness (QED) is 0.156. The van der Waals surface area contributed by atoms with Gasteiger partial charge in [-0.3, -0.25) is 0 Å². The van der Waals surface area contributed by atoms with Gasteiger partial charge < -0.3 is 28.1 Å². The summed E-state index contributed by atoms with van der Waals surface area (Å²) in [6.07, 6.45) is 0. The fourth-order valence-electron chi connectivity index (χ4n) is 1.59. The lowest BCUT2D eigenvalue weighted by Crippen LogP contribution is -2.39. The van der Waals surface area contributed by atoms with Gasteiger partial charge in [0.1, 0.15) is 37.9 Å². The first-order chi connectivity index (χ1) is 14.5. The van der Waals surface area contributed by atoms with Crippen molar-refractivity contribution in [1.29, 1.82) is 0 Å². The molecule has 0 atom stereocenters. The number of carbonyl (C=O) groups is 2. The van der Waals surface area contributed by atoms with Crippen LogP contribution in [0.15, 0.2) is 24.3 Å². The van der Waals surface area contributed by atoms with Gasteiger partial charge in [-0.25, -0.2) is 26.4 Å². The summed E-state index contributed by atoms with van der Waals surface area (Å²) in [7, 11) is -12.5. The minimum atomic E-state index is -6.24. The number of carbonyl (C=O) groups excluding carboxylic acids is 2. The van der Waals surface area contributed by atoms with Gasteiger partial charge in [-0.05, 0) is 24.3 Å². The number of hydrogen-bond acceptors (Lipinski definition) is 12. The third-order valence-corrected chi connectivity index (χ3v) is 4.69. The van der Waals surface area contributed by atoms with Crippen molar-refractivity contribution in [3.8, 4) is 11.5 Å². The Kier molecular flexibility index (Phi) is 8.78. The van der Waals surface area contributed by atoms with E-state index in [1.54, 1.807) is 0 Å². The predicted octanol–water partition coefficient (Wildman–Crippen LogP) is -0.193. The molecule has 0 amide bonds. The minimum Gasteiger partial charge on any atom is -0.743 e. The maximum Gasteiger partial charge on any atom is 0.428 e. The van der Waals surface area contributed by atoms with E-state index in [9.17, 15) is 53.1 Å². The number of alkyl halides is 4. The van der Waals surface area contributed by atoms with Crippen LogP contribution in [-0.4, -0.2) is 74.8 Å². The van der Waals surface area contributed by atoms with E-state index >= 15 is 0 Å². The van der Waals surface area contributed by atoms with Crippen molar-refractivity contribution in [3.05, 3.63) is 24.3 Å². The standard InChI is InChI=1S/C14H14F4O12S2/c15-13(16,31(21,22)23)11(19)29-7-5-27-9-1-2-10(4-3-9)28-6-8-30-12(20)14(17,18)32(24,25)26/h1-4H,5-8H2,(H,21,22,23)(H,24,25,26)/p-2. The number of rotatable bonds is 12. The van der Waals surface area contributed by atoms with Crippen LogP contribution in [-0.2, 0) is 39.3 Å². The van der Waals surface area contributed by atoms with E-state index < -0.39 is 69.1 Å². The summed E-state index contributed by atoms with van der Waals surface area (Å²) in [4.78, 5) is 21.8. The maximum absolute atomic E-state index is 12.9. The molecule has 0 radical (unpaired) electrons. The average molecular weight is 512 g/mol. The number of benzene rings is 1. The average Bonchev–Trinajstić information content (AvgIpc) is 2.67. The number of halogens is 4. The molecule has 0 aliphatic rings. The molecule has 0 unspecified atom stereocenters. The molecule has 0 fully saturated rings. The van der Waals surface area contributed by atoms with E-state index in [4.69, 9.17) is 9.47 Å². The van der Waals surface area contributed by atoms with Gasteiger partial charge >= 0.3 is 22.4 Å². The molecule has 0 saturated carbocycles. The van der Waals surface area contributed by atoms with Gasteiger partial charge in [0, 0.05) is 0 Å². The molecule has 18 heteroatoms. The van der Waals surface area contributed by atoms with Gasteiger partial charge in [-0.15, -0.1) is 0 Å². The highest BCUT2D eigenvalue weighted by atomic mass is 32.2. The van der Waals surface area contributed by atoms with Gasteiger partial charge in [0.25, 0.3) is 0 Å². The lowest BCUT2D eigenvalue weighted by Gasteiger charge is -2.18. The summed E-state index contributed by atoms with van der Waals surface area (Å²) >= 11 is 0. The number of hydrogen-bond donors (Lipinski definition) is 0. The number of esters is 2. The van der Waals surface area contributed by atoms with Crippen molar-refractivity contribution in [3.63, 3.8) is 0 Å². The van der Waals surface area contributed by atoms with Gasteiger partial charge in [0.2, 0.25) is 0 Å².